The van der Waals surface area contributed by atoms with Gasteiger partial charge in [0, 0.05) is 17.8 Å². The summed E-state index contributed by atoms with van der Waals surface area (Å²) < 4.78 is 0. The summed E-state index contributed by atoms with van der Waals surface area (Å²) in [5.74, 6) is 0. The van der Waals surface area contributed by atoms with E-state index in [1.165, 1.54) is 6.42 Å². The first kappa shape index (κ1) is 14.5. The Morgan fingerprint density at radius 2 is 1.84 bits per heavy atom. The number of amides is 2. The molecule has 2 rings (SSSR count). The minimum absolute atomic E-state index is 0.0712. The van der Waals surface area contributed by atoms with Crippen molar-refractivity contribution < 1.29 is 4.79 Å². The Balaban J connectivity index is 2.09. The molecule has 1 aliphatic rings. The first-order valence-corrected chi connectivity index (χ1v) is 7.29. The first-order valence-electron chi connectivity index (χ1n) is 6.53. The third-order valence-electron chi connectivity index (χ3n) is 3.60. The van der Waals surface area contributed by atoms with Crippen molar-refractivity contribution in [3.05, 3.63) is 28.2 Å². The lowest BCUT2D eigenvalue weighted by atomic mass is 9.98. The second-order valence-corrected chi connectivity index (χ2v) is 5.91. The third-order valence-corrected chi connectivity index (χ3v) is 4.34. The Labute approximate surface area is 123 Å². The zero-order valence-electron chi connectivity index (χ0n) is 11.1. The van der Waals surface area contributed by atoms with E-state index in [1.807, 2.05) is 4.90 Å². The fraction of sp³-hybridized carbons (Fsp3) is 0.500. The SMILES string of the molecule is CC1CCCC(C)N1C(=O)Nc1ccc(Cl)c(Cl)c1. The number of rotatable bonds is 1. The summed E-state index contributed by atoms with van der Waals surface area (Å²) >= 11 is 11.8. The van der Waals surface area contributed by atoms with Crippen LogP contribution in [0.1, 0.15) is 33.1 Å². The van der Waals surface area contributed by atoms with Gasteiger partial charge in [-0.2, -0.15) is 0 Å². The van der Waals surface area contributed by atoms with Crippen LogP contribution < -0.4 is 5.32 Å². The van der Waals surface area contributed by atoms with E-state index >= 15 is 0 Å². The van der Waals surface area contributed by atoms with Crippen LogP contribution in [0.25, 0.3) is 0 Å². The maximum atomic E-state index is 12.3. The molecule has 19 heavy (non-hydrogen) atoms. The van der Waals surface area contributed by atoms with Crippen LogP contribution in [0, 0.1) is 0 Å². The number of nitrogens with zero attached hydrogens (tertiary/aromatic N) is 1. The lowest BCUT2D eigenvalue weighted by Crippen LogP contribution is -2.49. The molecule has 1 heterocycles. The molecular weight excluding hydrogens is 283 g/mol. The zero-order valence-corrected chi connectivity index (χ0v) is 12.6. The van der Waals surface area contributed by atoms with Crippen molar-refractivity contribution >= 4 is 34.9 Å². The molecule has 0 aliphatic carbocycles. The van der Waals surface area contributed by atoms with Gasteiger partial charge in [0.05, 0.1) is 10.0 Å². The number of hydrogen-bond acceptors (Lipinski definition) is 1. The van der Waals surface area contributed by atoms with Crippen LogP contribution in [0.2, 0.25) is 10.0 Å². The van der Waals surface area contributed by atoms with Crippen molar-refractivity contribution in [3.63, 3.8) is 0 Å². The Kier molecular flexibility index (Phi) is 4.58. The molecule has 1 aliphatic heterocycles. The van der Waals surface area contributed by atoms with Gasteiger partial charge >= 0.3 is 6.03 Å². The van der Waals surface area contributed by atoms with Gasteiger partial charge in [-0.1, -0.05) is 23.2 Å². The molecule has 2 atom stereocenters. The predicted octanol–water partition coefficient (Wildman–Crippen LogP) is 4.79. The highest BCUT2D eigenvalue weighted by Gasteiger charge is 2.28. The molecule has 0 radical (unpaired) electrons. The van der Waals surface area contributed by atoms with Crippen LogP contribution in [0.4, 0.5) is 10.5 Å². The van der Waals surface area contributed by atoms with E-state index in [9.17, 15) is 4.79 Å². The lowest BCUT2D eigenvalue weighted by molar-refractivity contribution is 0.133. The van der Waals surface area contributed by atoms with Crippen LogP contribution >= 0.6 is 23.2 Å². The van der Waals surface area contributed by atoms with Gasteiger partial charge in [0.15, 0.2) is 0 Å². The summed E-state index contributed by atoms with van der Waals surface area (Å²) in [6.45, 7) is 4.17. The summed E-state index contributed by atoms with van der Waals surface area (Å²) in [6, 6.07) is 5.57. The molecule has 1 aromatic carbocycles. The van der Waals surface area contributed by atoms with E-state index < -0.39 is 0 Å². The van der Waals surface area contributed by atoms with Crippen molar-refractivity contribution in [2.24, 2.45) is 0 Å². The second kappa shape index (κ2) is 6.02. The summed E-state index contributed by atoms with van der Waals surface area (Å²) in [5, 5.41) is 3.81. The Morgan fingerprint density at radius 1 is 1.21 bits per heavy atom. The summed E-state index contributed by atoms with van der Waals surface area (Å²) in [6.07, 6.45) is 3.29. The highest BCUT2D eigenvalue weighted by molar-refractivity contribution is 6.42. The standard InChI is InChI=1S/C14H18Cl2N2O/c1-9-4-3-5-10(2)18(9)14(19)17-11-6-7-12(15)13(16)8-11/h6-10H,3-5H2,1-2H3,(H,17,19). The molecule has 1 aromatic rings. The lowest BCUT2D eigenvalue weighted by Gasteiger charge is -2.38. The van der Waals surface area contributed by atoms with Crippen molar-refractivity contribution in [2.45, 2.75) is 45.2 Å². The topological polar surface area (TPSA) is 32.3 Å². The normalized spacial score (nSPS) is 23.3. The summed E-state index contributed by atoms with van der Waals surface area (Å²) in [7, 11) is 0. The number of nitrogens with one attached hydrogen (secondary N) is 1. The number of piperidine rings is 1. The van der Waals surface area contributed by atoms with Crippen molar-refractivity contribution in [1.82, 2.24) is 4.90 Å². The van der Waals surface area contributed by atoms with Gasteiger partial charge in [0.2, 0.25) is 0 Å². The Bertz CT molecular complexity index is 469. The molecule has 3 nitrogen and oxygen atoms in total. The predicted molar refractivity (Wildman–Crippen MR) is 80.1 cm³/mol. The van der Waals surface area contributed by atoms with E-state index in [4.69, 9.17) is 23.2 Å². The van der Waals surface area contributed by atoms with E-state index in [1.54, 1.807) is 18.2 Å². The molecule has 0 bridgehead atoms. The van der Waals surface area contributed by atoms with Gasteiger partial charge < -0.3 is 10.2 Å². The molecule has 1 fully saturated rings. The van der Waals surface area contributed by atoms with Crippen LogP contribution in [-0.2, 0) is 0 Å². The van der Waals surface area contributed by atoms with Gasteiger partial charge in [0.25, 0.3) is 0 Å². The van der Waals surface area contributed by atoms with Crippen molar-refractivity contribution in [2.75, 3.05) is 5.32 Å². The average Bonchev–Trinajstić information content (AvgIpc) is 2.33. The number of anilines is 1. The fourth-order valence-electron chi connectivity index (χ4n) is 2.58. The van der Waals surface area contributed by atoms with Crippen LogP contribution in [0.15, 0.2) is 18.2 Å². The quantitative estimate of drug-likeness (QED) is 0.794. The monoisotopic (exact) mass is 300 g/mol. The number of hydrogen-bond donors (Lipinski definition) is 1. The molecule has 0 saturated carbocycles. The molecule has 104 valence electrons. The Hall–Kier alpha value is -0.930. The van der Waals surface area contributed by atoms with Crippen LogP contribution in [0.3, 0.4) is 0 Å². The van der Waals surface area contributed by atoms with Crippen molar-refractivity contribution in [1.29, 1.82) is 0 Å². The largest absolute Gasteiger partial charge is 0.322 e. The number of benzene rings is 1. The van der Waals surface area contributed by atoms with E-state index in [-0.39, 0.29) is 18.1 Å². The molecule has 5 heteroatoms. The van der Waals surface area contributed by atoms with E-state index in [2.05, 4.69) is 19.2 Å². The molecule has 2 unspecified atom stereocenters. The minimum atomic E-state index is -0.0712. The van der Waals surface area contributed by atoms with Crippen molar-refractivity contribution in [3.8, 4) is 0 Å². The summed E-state index contributed by atoms with van der Waals surface area (Å²) in [5.41, 5.74) is 0.671. The molecule has 2 amide bonds. The average molecular weight is 301 g/mol. The Morgan fingerprint density at radius 3 is 2.42 bits per heavy atom. The zero-order chi connectivity index (χ0) is 14.0. The number of urea groups is 1. The summed E-state index contributed by atoms with van der Waals surface area (Å²) in [4.78, 5) is 14.2. The maximum Gasteiger partial charge on any atom is 0.322 e. The molecule has 1 saturated heterocycles. The highest BCUT2D eigenvalue weighted by Crippen LogP contribution is 2.27. The van der Waals surface area contributed by atoms with Gasteiger partial charge in [-0.05, 0) is 51.3 Å². The highest BCUT2D eigenvalue weighted by atomic mass is 35.5. The van der Waals surface area contributed by atoms with Gasteiger partial charge in [0.1, 0.15) is 0 Å². The second-order valence-electron chi connectivity index (χ2n) is 5.10. The van der Waals surface area contributed by atoms with Gasteiger partial charge in [-0.3, -0.25) is 0 Å². The van der Waals surface area contributed by atoms with Crippen LogP contribution in [0.5, 0.6) is 0 Å². The molecule has 1 N–H and O–H groups in total. The van der Waals surface area contributed by atoms with E-state index in [0.29, 0.717) is 15.7 Å². The maximum absolute atomic E-state index is 12.3. The van der Waals surface area contributed by atoms with Gasteiger partial charge in [-0.15, -0.1) is 0 Å². The number of carbonyl (C=O) groups excluding carboxylic acids is 1. The number of likely N-dealkylation sites (tertiary alicyclic amines) is 1. The smallest absolute Gasteiger partial charge is 0.319 e. The molecular formula is C14H18Cl2N2O. The van der Waals surface area contributed by atoms with E-state index in [0.717, 1.165) is 12.8 Å². The fourth-order valence-corrected chi connectivity index (χ4v) is 2.88. The number of halogens is 2. The third kappa shape index (κ3) is 3.34. The minimum Gasteiger partial charge on any atom is -0.319 e. The van der Waals surface area contributed by atoms with Gasteiger partial charge in [-0.25, -0.2) is 4.79 Å². The number of carbonyl (C=O) groups is 1. The first-order chi connectivity index (χ1) is 8.99. The molecule has 0 aromatic heterocycles. The van der Waals surface area contributed by atoms with Crippen LogP contribution in [-0.4, -0.2) is 23.0 Å². The molecule has 0 spiro atoms.